The summed E-state index contributed by atoms with van der Waals surface area (Å²) >= 11 is 0. The number of benzene rings is 1. The number of carbonyl (C=O) groups is 1. The topological polar surface area (TPSA) is 68.6 Å². The summed E-state index contributed by atoms with van der Waals surface area (Å²) in [7, 11) is 0. The second kappa shape index (κ2) is 7.47. The van der Waals surface area contributed by atoms with Gasteiger partial charge in [0.1, 0.15) is 18.9 Å². The van der Waals surface area contributed by atoms with E-state index in [4.69, 9.17) is 9.47 Å². The van der Waals surface area contributed by atoms with Gasteiger partial charge in [-0.1, -0.05) is 11.6 Å². The Morgan fingerprint density at radius 2 is 2.15 bits per heavy atom. The van der Waals surface area contributed by atoms with Crippen LogP contribution >= 0.6 is 0 Å². The first-order valence-electron chi connectivity index (χ1n) is 9.06. The van der Waals surface area contributed by atoms with Gasteiger partial charge in [-0.25, -0.2) is 0 Å². The van der Waals surface area contributed by atoms with Crippen LogP contribution in [0, 0.1) is 6.92 Å². The van der Waals surface area contributed by atoms with Gasteiger partial charge in [-0.3, -0.25) is 14.4 Å². The Bertz CT molecular complexity index is 796. The first kappa shape index (κ1) is 17.1. The van der Waals surface area contributed by atoms with Crippen molar-refractivity contribution in [2.24, 2.45) is 0 Å². The third kappa shape index (κ3) is 3.59. The van der Waals surface area contributed by atoms with E-state index in [9.17, 15) is 4.79 Å². The van der Waals surface area contributed by atoms with Crippen LogP contribution in [0.4, 0.5) is 0 Å². The van der Waals surface area contributed by atoms with E-state index in [-0.39, 0.29) is 12.5 Å². The van der Waals surface area contributed by atoms with E-state index in [1.165, 1.54) is 0 Å². The van der Waals surface area contributed by atoms with Gasteiger partial charge in [0.25, 0.3) is 0 Å². The zero-order valence-corrected chi connectivity index (χ0v) is 15.0. The van der Waals surface area contributed by atoms with E-state index < -0.39 is 0 Å². The smallest absolute Gasteiger partial charge is 0.241 e. The van der Waals surface area contributed by atoms with Crippen LogP contribution in [0.25, 0.3) is 11.3 Å². The molecule has 1 N–H and O–H groups in total. The molecule has 0 radical (unpaired) electrons. The van der Waals surface area contributed by atoms with E-state index in [0.29, 0.717) is 13.2 Å². The number of rotatable bonds is 5. The van der Waals surface area contributed by atoms with Gasteiger partial charge < -0.3 is 14.8 Å². The minimum absolute atomic E-state index is 0.0233. The largest absolute Gasteiger partial charge is 0.488 e. The zero-order chi connectivity index (χ0) is 17.9. The van der Waals surface area contributed by atoms with E-state index >= 15 is 0 Å². The molecule has 7 nitrogen and oxygen atoms in total. The molecule has 2 aromatic rings. The number of nitrogens with zero attached hydrogens (tertiary/aromatic N) is 3. The Morgan fingerprint density at radius 3 is 3.00 bits per heavy atom. The number of nitrogens with one attached hydrogen (secondary N) is 1. The van der Waals surface area contributed by atoms with Gasteiger partial charge in [0.2, 0.25) is 5.91 Å². The highest BCUT2D eigenvalue weighted by atomic mass is 16.5. The molecule has 4 rings (SSSR count). The summed E-state index contributed by atoms with van der Waals surface area (Å²) in [6.07, 6.45) is 1.79. The molecular formula is C19H24N4O3. The first-order valence-corrected chi connectivity index (χ1v) is 9.06. The predicted molar refractivity (Wildman–Crippen MR) is 97.0 cm³/mol. The molecule has 0 aliphatic carbocycles. The minimum Gasteiger partial charge on any atom is -0.488 e. The maximum Gasteiger partial charge on any atom is 0.241 e. The van der Waals surface area contributed by atoms with Gasteiger partial charge in [-0.05, 0) is 19.1 Å². The predicted octanol–water partition coefficient (Wildman–Crippen LogP) is 1.20. The van der Waals surface area contributed by atoms with Crippen molar-refractivity contribution in [1.29, 1.82) is 0 Å². The Morgan fingerprint density at radius 1 is 1.31 bits per heavy atom. The normalized spacial score (nSPS) is 16.5. The lowest BCUT2D eigenvalue weighted by Crippen LogP contribution is -2.41. The van der Waals surface area contributed by atoms with Crippen LogP contribution in [0.5, 0.6) is 5.75 Å². The van der Waals surface area contributed by atoms with Crippen molar-refractivity contribution in [2.45, 2.75) is 20.1 Å². The number of carbonyl (C=O) groups excluding carboxylic acids is 1. The third-order valence-electron chi connectivity index (χ3n) is 4.84. The summed E-state index contributed by atoms with van der Waals surface area (Å²) in [6.45, 7) is 7.65. The summed E-state index contributed by atoms with van der Waals surface area (Å²) in [4.78, 5) is 14.7. The number of amides is 1. The van der Waals surface area contributed by atoms with Crippen molar-refractivity contribution >= 4 is 5.91 Å². The second-order valence-corrected chi connectivity index (χ2v) is 6.77. The molecule has 26 heavy (non-hydrogen) atoms. The van der Waals surface area contributed by atoms with Crippen LogP contribution < -0.4 is 10.1 Å². The molecule has 0 unspecified atom stereocenters. The van der Waals surface area contributed by atoms with Crippen molar-refractivity contribution < 1.29 is 14.3 Å². The lowest BCUT2D eigenvalue weighted by atomic mass is 10.0. The average Bonchev–Trinajstić information content (AvgIpc) is 3.06. The summed E-state index contributed by atoms with van der Waals surface area (Å²) in [6, 6.07) is 6.10. The summed E-state index contributed by atoms with van der Waals surface area (Å²) in [5.74, 6) is 0.822. The van der Waals surface area contributed by atoms with Crippen molar-refractivity contribution in [2.75, 3.05) is 39.4 Å². The molecule has 7 heteroatoms. The van der Waals surface area contributed by atoms with Gasteiger partial charge in [0.15, 0.2) is 0 Å². The molecule has 2 aliphatic heterocycles. The van der Waals surface area contributed by atoms with Crippen LogP contribution in [-0.4, -0.2) is 60.0 Å². The van der Waals surface area contributed by atoms with Crippen molar-refractivity contribution in [3.8, 4) is 17.0 Å². The average molecular weight is 356 g/mol. The van der Waals surface area contributed by atoms with Crippen molar-refractivity contribution in [3.63, 3.8) is 0 Å². The molecule has 2 aliphatic rings. The molecule has 0 bridgehead atoms. The highest BCUT2D eigenvalue weighted by Crippen LogP contribution is 2.37. The number of fused-ring (bicyclic) bond motifs is 3. The van der Waals surface area contributed by atoms with E-state index in [2.05, 4.69) is 21.4 Å². The lowest BCUT2D eigenvalue weighted by molar-refractivity contribution is -0.121. The molecule has 0 spiro atoms. The molecule has 1 amide bonds. The fourth-order valence-electron chi connectivity index (χ4n) is 3.44. The highest BCUT2D eigenvalue weighted by Gasteiger charge is 2.23. The molecule has 3 heterocycles. The number of ether oxygens (including phenoxy) is 2. The Hall–Kier alpha value is -2.38. The van der Waals surface area contributed by atoms with E-state index in [1.54, 1.807) is 10.9 Å². The number of hydrogen-bond donors (Lipinski definition) is 1. The van der Waals surface area contributed by atoms with Gasteiger partial charge in [0, 0.05) is 37.3 Å². The van der Waals surface area contributed by atoms with Crippen LogP contribution in [-0.2, 0) is 22.7 Å². The van der Waals surface area contributed by atoms with E-state index in [0.717, 1.165) is 61.0 Å². The zero-order valence-electron chi connectivity index (χ0n) is 15.0. The van der Waals surface area contributed by atoms with Crippen LogP contribution in [0.3, 0.4) is 0 Å². The molecule has 1 fully saturated rings. The minimum atomic E-state index is -0.0233. The second-order valence-electron chi connectivity index (χ2n) is 6.77. The summed E-state index contributed by atoms with van der Waals surface area (Å²) in [5, 5.41) is 7.41. The molecule has 1 aromatic heterocycles. The molecular weight excluding hydrogens is 332 g/mol. The molecule has 138 valence electrons. The van der Waals surface area contributed by atoms with Gasteiger partial charge in [-0.2, -0.15) is 5.10 Å². The molecule has 1 aromatic carbocycles. The number of morpholine rings is 1. The van der Waals surface area contributed by atoms with Gasteiger partial charge in [-0.15, -0.1) is 0 Å². The molecule has 0 saturated carbocycles. The first-order chi connectivity index (χ1) is 12.7. The maximum atomic E-state index is 12.4. The number of hydrogen-bond acceptors (Lipinski definition) is 5. The van der Waals surface area contributed by atoms with E-state index in [1.807, 2.05) is 19.1 Å². The van der Waals surface area contributed by atoms with Gasteiger partial charge >= 0.3 is 0 Å². The van der Waals surface area contributed by atoms with Crippen molar-refractivity contribution in [1.82, 2.24) is 20.0 Å². The molecule has 0 atom stereocenters. The standard InChI is InChI=1S/C19H24N4O3/c1-14-2-3-17-16(10-14)19-15(13-26-17)11-21-23(19)12-18(24)20-4-5-22-6-8-25-9-7-22/h2-3,10-11H,4-9,12-13H2,1H3,(H,20,24). The van der Waals surface area contributed by atoms with Crippen molar-refractivity contribution in [3.05, 3.63) is 35.5 Å². The van der Waals surface area contributed by atoms with Gasteiger partial charge in [0.05, 0.1) is 25.1 Å². The lowest BCUT2D eigenvalue weighted by Gasteiger charge is -2.26. The van der Waals surface area contributed by atoms with Crippen LogP contribution in [0.15, 0.2) is 24.4 Å². The Labute approximate surface area is 152 Å². The van der Waals surface area contributed by atoms with Crippen LogP contribution in [0.2, 0.25) is 0 Å². The summed E-state index contributed by atoms with van der Waals surface area (Å²) in [5.41, 5.74) is 4.16. The summed E-state index contributed by atoms with van der Waals surface area (Å²) < 4.78 is 12.9. The van der Waals surface area contributed by atoms with Crippen LogP contribution in [0.1, 0.15) is 11.1 Å². The Kier molecular flexibility index (Phi) is 4.90. The third-order valence-corrected chi connectivity index (χ3v) is 4.84. The number of aromatic nitrogens is 2. The quantitative estimate of drug-likeness (QED) is 0.872. The highest BCUT2D eigenvalue weighted by molar-refractivity contribution is 5.78. The monoisotopic (exact) mass is 356 g/mol. The fourth-order valence-corrected chi connectivity index (χ4v) is 3.44. The Balaban J connectivity index is 1.40. The molecule has 1 saturated heterocycles. The number of aryl methyl sites for hydroxylation is 1. The fraction of sp³-hybridized carbons (Fsp3) is 0.474. The maximum absolute atomic E-state index is 12.4. The SMILES string of the molecule is Cc1ccc2c(c1)-c1c(cnn1CC(=O)NCCN1CCOCC1)CO2.